The lowest BCUT2D eigenvalue weighted by Crippen LogP contribution is -2.05. The standard InChI is InChI=1S/C14H10Cl3NO/c15-9-1-4-12(16)8(5-9)6-14(19)11-3-2-10(18)7-13(11)17/h1-5,7H,6,18H2. The van der Waals surface area contributed by atoms with Crippen LogP contribution in [-0.4, -0.2) is 5.78 Å². The van der Waals surface area contributed by atoms with Gasteiger partial charge in [-0.15, -0.1) is 0 Å². The summed E-state index contributed by atoms with van der Waals surface area (Å²) in [5.74, 6) is -0.130. The maximum atomic E-state index is 12.2. The van der Waals surface area contributed by atoms with Gasteiger partial charge in [0.05, 0.1) is 5.02 Å². The summed E-state index contributed by atoms with van der Waals surface area (Å²) in [6, 6.07) is 9.81. The maximum absolute atomic E-state index is 12.2. The third-order valence-electron chi connectivity index (χ3n) is 2.65. The fourth-order valence-corrected chi connectivity index (χ4v) is 2.38. The van der Waals surface area contributed by atoms with Gasteiger partial charge in [0.2, 0.25) is 0 Å². The van der Waals surface area contributed by atoms with Gasteiger partial charge in [-0.05, 0) is 42.0 Å². The molecule has 2 nitrogen and oxygen atoms in total. The SMILES string of the molecule is Nc1ccc(C(=O)Cc2cc(Cl)ccc2Cl)c(Cl)c1. The normalized spacial score (nSPS) is 10.5. The summed E-state index contributed by atoms with van der Waals surface area (Å²) in [5, 5.41) is 1.38. The largest absolute Gasteiger partial charge is 0.399 e. The molecular weight excluding hydrogens is 305 g/mol. The van der Waals surface area contributed by atoms with Crippen LogP contribution in [-0.2, 0) is 6.42 Å². The molecule has 2 N–H and O–H groups in total. The number of nitrogen functional groups attached to an aromatic ring is 1. The Kier molecular flexibility index (Phi) is 4.35. The van der Waals surface area contributed by atoms with Crippen LogP contribution in [0.15, 0.2) is 36.4 Å². The molecule has 0 spiro atoms. The molecule has 0 aliphatic heterocycles. The molecule has 2 rings (SSSR count). The van der Waals surface area contributed by atoms with Crippen molar-refractivity contribution in [2.24, 2.45) is 0 Å². The Labute approximate surface area is 126 Å². The third kappa shape index (κ3) is 3.41. The van der Waals surface area contributed by atoms with Gasteiger partial charge in [0.25, 0.3) is 0 Å². The first kappa shape index (κ1) is 14.2. The van der Waals surface area contributed by atoms with E-state index in [4.69, 9.17) is 40.5 Å². The predicted octanol–water partition coefficient (Wildman–Crippen LogP) is 4.65. The minimum absolute atomic E-state index is 0.130. The highest BCUT2D eigenvalue weighted by Gasteiger charge is 2.13. The van der Waals surface area contributed by atoms with Gasteiger partial charge in [-0.1, -0.05) is 34.8 Å². The number of Topliss-reactive ketones (excluding diaryl/α,β-unsaturated/α-hetero) is 1. The zero-order valence-corrected chi connectivity index (χ0v) is 12.1. The molecule has 0 atom stereocenters. The van der Waals surface area contributed by atoms with Crippen molar-refractivity contribution in [3.63, 3.8) is 0 Å². The number of anilines is 1. The first-order valence-corrected chi connectivity index (χ1v) is 6.63. The molecule has 2 aromatic rings. The van der Waals surface area contributed by atoms with Gasteiger partial charge in [0, 0.05) is 27.7 Å². The van der Waals surface area contributed by atoms with Crippen molar-refractivity contribution in [1.29, 1.82) is 0 Å². The van der Waals surface area contributed by atoms with Crippen LogP contribution in [0.5, 0.6) is 0 Å². The number of nitrogens with two attached hydrogens (primary N) is 1. The summed E-state index contributed by atoms with van der Waals surface area (Å²) in [4.78, 5) is 12.2. The predicted molar refractivity (Wildman–Crippen MR) is 80.4 cm³/mol. The molecule has 0 radical (unpaired) electrons. The minimum Gasteiger partial charge on any atom is -0.399 e. The van der Waals surface area contributed by atoms with E-state index in [2.05, 4.69) is 0 Å². The van der Waals surface area contributed by atoms with Crippen molar-refractivity contribution in [2.75, 3.05) is 5.73 Å². The number of carbonyl (C=O) groups is 1. The van der Waals surface area contributed by atoms with Crippen LogP contribution in [0.3, 0.4) is 0 Å². The molecule has 5 heteroatoms. The van der Waals surface area contributed by atoms with Gasteiger partial charge < -0.3 is 5.73 Å². The molecular formula is C14H10Cl3NO. The molecule has 98 valence electrons. The lowest BCUT2D eigenvalue weighted by Gasteiger charge is -2.06. The minimum atomic E-state index is -0.130. The Bertz CT molecular complexity index is 641. The van der Waals surface area contributed by atoms with Crippen LogP contribution < -0.4 is 5.73 Å². The molecule has 0 aliphatic carbocycles. The zero-order valence-electron chi connectivity index (χ0n) is 9.79. The van der Waals surface area contributed by atoms with Crippen molar-refractivity contribution in [3.05, 3.63) is 62.6 Å². The average molecular weight is 315 g/mol. The topological polar surface area (TPSA) is 43.1 Å². The number of hydrogen-bond acceptors (Lipinski definition) is 2. The van der Waals surface area contributed by atoms with Gasteiger partial charge in [-0.25, -0.2) is 0 Å². The van der Waals surface area contributed by atoms with Gasteiger partial charge >= 0.3 is 0 Å². The average Bonchev–Trinajstić information content (AvgIpc) is 2.33. The molecule has 0 amide bonds. The molecule has 0 saturated carbocycles. The highest BCUT2D eigenvalue weighted by Crippen LogP contribution is 2.25. The van der Waals surface area contributed by atoms with Crippen LogP contribution in [0.2, 0.25) is 15.1 Å². The van der Waals surface area contributed by atoms with E-state index < -0.39 is 0 Å². The fourth-order valence-electron chi connectivity index (χ4n) is 1.70. The number of rotatable bonds is 3. The highest BCUT2D eigenvalue weighted by molar-refractivity contribution is 6.35. The highest BCUT2D eigenvalue weighted by atomic mass is 35.5. The molecule has 0 aromatic heterocycles. The molecule has 19 heavy (non-hydrogen) atoms. The Morgan fingerprint density at radius 3 is 2.42 bits per heavy atom. The van der Waals surface area contributed by atoms with E-state index in [1.807, 2.05) is 0 Å². The van der Waals surface area contributed by atoms with Crippen LogP contribution in [0.25, 0.3) is 0 Å². The molecule has 0 aliphatic rings. The van der Waals surface area contributed by atoms with Crippen LogP contribution in [0.4, 0.5) is 5.69 Å². The van der Waals surface area contributed by atoms with Crippen LogP contribution in [0.1, 0.15) is 15.9 Å². The Hall–Kier alpha value is -1.22. The van der Waals surface area contributed by atoms with Crippen molar-refractivity contribution >= 4 is 46.3 Å². The molecule has 0 heterocycles. The molecule has 0 unspecified atom stereocenters. The van der Waals surface area contributed by atoms with Gasteiger partial charge in [-0.2, -0.15) is 0 Å². The number of carbonyl (C=O) groups excluding carboxylic acids is 1. The second-order valence-electron chi connectivity index (χ2n) is 4.07. The first-order chi connectivity index (χ1) is 8.97. The molecule has 2 aromatic carbocycles. The van der Waals surface area contributed by atoms with E-state index in [9.17, 15) is 4.79 Å². The molecule has 0 saturated heterocycles. The fraction of sp³-hybridized carbons (Fsp3) is 0.0714. The summed E-state index contributed by atoms with van der Waals surface area (Å²) < 4.78 is 0. The number of halogens is 3. The Morgan fingerprint density at radius 1 is 1.00 bits per heavy atom. The zero-order chi connectivity index (χ0) is 14.0. The quantitative estimate of drug-likeness (QED) is 0.661. The lowest BCUT2D eigenvalue weighted by atomic mass is 10.0. The van der Waals surface area contributed by atoms with E-state index in [1.165, 1.54) is 0 Å². The monoisotopic (exact) mass is 313 g/mol. The van der Waals surface area contributed by atoms with Crippen molar-refractivity contribution in [3.8, 4) is 0 Å². The van der Waals surface area contributed by atoms with Crippen LogP contribution >= 0.6 is 34.8 Å². The maximum Gasteiger partial charge on any atom is 0.168 e. The van der Waals surface area contributed by atoms with Gasteiger partial charge in [-0.3, -0.25) is 4.79 Å². The van der Waals surface area contributed by atoms with Gasteiger partial charge in [0.1, 0.15) is 0 Å². The Morgan fingerprint density at radius 2 is 1.74 bits per heavy atom. The second kappa shape index (κ2) is 5.83. The summed E-state index contributed by atoms with van der Waals surface area (Å²) in [6.45, 7) is 0. The summed E-state index contributed by atoms with van der Waals surface area (Å²) in [5.41, 5.74) is 7.20. The van der Waals surface area contributed by atoms with E-state index in [0.29, 0.717) is 31.9 Å². The van der Waals surface area contributed by atoms with Crippen molar-refractivity contribution < 1.29 is 4.79 Å². The summed E-state index contributed by atoms with van der Waals surface area (Å²) >= 11 is 17.9. The van der Waals surface area contributed by atoms with E-state index in [1.54, 1.807) is 36.4 Å². The van der Waals surface area contributed by atoms with Crippen molar-refractivity contribution in [2.45, 2.75) is 6.42 Å². The second-order valence-corrected chi connectivity index (χ2v) is 5.33. The smallest absolute Gasteiger partial charge is 0.168 e. The molecule has 0 bridgehead atoms. The number of hydrogen-bond donors (Lipinski definition) is 1. The summed E-state index contributed by atoms with van der Waals surface area (Å²) in [7, 11) is 0. The number of benzene rings is 2. The van der Waals surface area contributed by atoms with E-state index in [-0.39, 0.29) is 12.2 Å². The number of ketones is 1. The van der Waals surface area contributed by atoms with Crippen LogP contribution in [0, 0.1) is 0 Å². The van der Waals surface area contributed by atoms with E-state index >= 15 is 0 Å². The van der Waals surface area contributed by atoms with E-state index in [0.717, 1.165) is 0 Å². The third-order valence-corrected chi connectivity index (χ3v) is 3.57. The Balaban J connectivity index is 2.28. The lowest BCUT2D eigenvalue weighted by molar-refractivity contribution is 0.0993. The van der Waals surface area contributed by atoms with Gasteiger partial charge in [0.15, 0.2) is 5.78 Å². The first-order valence-electron chi connectivity index (χ1n) is 5.49. The van der Waals surface area contributed by atoms with Crippen molar-refractivity contribution in [1.82, 2.24) is 0 Å². The molecule has 0 fully saturated rings. The summed E-state index contributed by atoms with van der Waals surface area (Å²) in [6.07, 6.45) is 0.142.